The number of hydrogen-bond donors (Lipinski definition) is 2. The quantitative estimate of drug-likeness (QED) is 0.652. The Morgan fingerprint density at radius 2 is 1.96 bits per heavy atom. The zero-order valence-corrected chi connectivity index (χ0v) is 14.2. The minimum atomic E-state index is -0.214. The Bertz CT molecular complexity index is 854. The van der Waals surface area contributed by atoms with Crippen LogP contribution in [0.4, 0.5) is 4.39 Å². The van der Waals surface area contributed by atoms with Crippen LogP contribution in [-0.4, -0.2) is 18.6 Å². The van der Waals surface area contributed by atoms with Crippen molar-refractivity contribution in [2.45, 2.75) is 26.2 Å². The topological polar surface area (TPSA) is 51.0 Å². The molecule has 0 bridgehead atoms. The van der Waals surface area contributed by atoms with E-state index >= 15 is 0 Å². The molecule has 3 N–H and O–H groups in total. The third-order valence-electron chi connectivity index (χ3n) is 4.45. The van der Waals surface area contributed by atoms with Gasteiger partial charge in [-0.1, -0.05) is 12.1 Å². The van der Waals surface area contributed by atoms with Gasteiger partial charge in [-0.2, -0.15) is 0 Å². The summed E-state index contributed by atoms with van der Waals surface area (Å²) in [5.41, 5.74) is 10.4. The molecule has 0 atom stereocenters. The summed E-state index contributed by atoms with van der Waals surface area (Å²) in [5.74, 6) is 0.605. The van der Waals surface area contributed by atoms with Crippen LogP contribution in [0, 0.1) is 12.7 Å². The third-order valence-corrected chi connectivity index (χ3v) is 4.45. The lowest BCUT2D eigenvalue weighted by atomic mass is 9.99. The number of rotatable bonds is 6. The number of methoxy groups -OCH3 is 1. The van der Waals surface area contributed by atoms with Crippen LogP contribution in [0.2, 0.25) is 0 Å². The molecule has 0 amide bonds. The first kappa shape index (κ1) is 16.5. The lowest BCUT2D eigenvalue weighted by molar-refractivity contribution is 0.415. The van der Waals surface area contributed by atoms with E-state index in [0.29, 0.717) is 12.1 Å². The number of hydrogen-bond acceptors (Lipinski definition) is 2. The van der Waals surface area contributed by atoms with Gasteiger partial charge in [-0.3, -0.25) is 0 Å². The van der Waals surface area contributed by atoms with Crippen LogP contribution >= 0.6 is 0 Å². The van der Waals surface area contributed by atoms with Crippen molar-refractivity contribution in [3.63, 3.8) is 0 Å². The maximum atomic E-state index is 14.4. The van der Waals surface area contributed by atoms with Crippen molar-refractivity contribution in [3.8, 4) is 17.0 Å². The van der Waals surface area contributed by atoms with E-state index in [4.69, 9.17) is 10.5 Å². The first-order valence-corrected chi connectivity index (χ1v) is 8.30. The zero-order valence-electron chi connectivity index (χ0n) is 14.2. The van der Waals surface area contributed by atoms with Gasteiger partial charge in [-0.25, -0.2) is 4.39 Å². The van der Waals surface area contributed by atoms with Crippen molar-refractivity contribution in [2.24, 2.45) is 5.73 Å². The summed E-state index contributed by atoms with van der Waals surface area (Å²) in [6.45, 7) is 2.70. The molecule has 0 saturated carbocycles. The SMILES string of the molecule is COc1cc(C)c2[nH]c(-c3ccccc3F)c(CCCCN)c2c1. The number of halogens is 1. The van der Waals surface area contributed by atoms with Crippen molar-refractivity contribution in [3.05, 3.63) is 53.3 Å². The summed E-state index contributed by atoms with van der Waals surface area (Å²) in [7, 11) is 1.67. The Labute approximate surface area is 141 Å². The van der Waals surface area contributed by atoms with Crippen molar-refractivity contribution in [1.29, 1.82) is 0 Å². The predicted octanol–water partition coefficient (Wildman–Crippen LogP) is 4.57. The van der Waals surface area contributed by atoms with Crippen molar-refractivity contribution in [2.75, 3.05) is 13.7 Å². The first-order valence-electron chi connectivity index (χ1n) is 8.30. The Kier molecular flexibility index (Phi) is 4.86. The Balaban J connectivity index is 2.21. The Hall–Kier alpha value is -2.33. The normalized spacial score (nSPS) is 11.2. The average molecular weight is 326 g/mol. The first-order chi connectivity index (χ1) is 11.7. The molecule has 24 heavy (non-hydrogen) atoms. The van der Waals surface area contributed by atoms with E-state index in [0.717, 1.165) is 52.7 Å². The fraction of sp³-hybridized carbons (Fsp3) is 0.300. The van der Waals surface area contributed by atoms with Crippen LogP contribution < -0.4 is 10.5 Å². The summed E-state index contributed by atoms with van der Waals surface area (Å²) in [6.07, 6.45) is 2.78. The van der Waals surface area contributed by atoms with Gasteiger partial charge >= 0.3 is 0 Å². The second kappa shape index (κ2) is 7.05. The highest BCUT2D eigenvalue weighted by molar-refractivity contribution is 5.93. The second-order valence-corrected chi connectivity index (χ2v) is 6.07. The van der Waals surface area contributed by atoms with Gasteiger partial charge in [0.05, 0.1) is 12.8 Å². The lowest BCUT2D eigenvalue weighted by Crippen LogP contribution is -1.99. The van der Waals surface area contributed by atoms with Crippen molar-refractivity contribution < 1.29 is 9.13 Å². The molecule has 0 unspecified atom stereocenters. The monoisotopic (exact) mass is 326 g/mol. The highest BCUT2D eigenvalue weighted by Gasteiger charge is 2.17. The molecular weight excluding hydrogens is 303 g/mol. The minimum Gasteiger partial charge on any atom is -0.497 e. The number of aromatic amines is 1. The van der Waals surface area contributed by atoms with Crippen LogP contribution in [0.15, 0.2) is 36.4 Å². The van der Waals surface area contributed by atoms with Gasteiger partial charge < -0.3 is 15.5 Å². The molecule has 3 rings (SSSR count). The number of benzene rings is 2. The summed E-state index contributed by atoms with van der Waals surface area (Å²) in [4.78, 5) is 3.44. The van der Waals surface area contributed by atoms with Gasteiger partial charge in [0.2, 0.25) is 0 Å². The molecule has 0 aliphatic heterocycles. The van der Waals surface area contributed by atoms with Crippen molar-refractivity contribution in [1.82, 2.24) is 4.98 Å². The molecule has 1 heterocycles. The fourth-order valence-corrected chi connectivity index (χ4v) is 3.21. The summed E-state index contributed by atoms with van der Waals surface area (Å²) in [6, 6.07) is 10.9. The molecule has 0 aliphatic rings. The molecule has 0 aliphatic carbocycles. The van der Waals surface area contributed by atoms with E-state index in [1.54, 1.807) is 13.2 Å². The summed E-state index contributed by atoms with van der Waals surface area (Å²) in [5, 5.41) is 1.10. The molecule has 0 saturated heterocycles. The Morgan fingerprint density at radius 3 is 2.67 bits per heavy atom. The van der Waals surface area contributed by atoms with Crippen molar-refractivity contribution >= 4 is 10.9 Å². The summed E-state index contributed by atoms with van der Waals surface area (Å²) < 4.78 is 19.8. The van der Waals surface area contributed by atoms with Crippen LogP contribution in [0.3, 0.4) is 0 Å². The molecule has 1 aromatic heterocycles. The van der Waals surface area contributed by atoms with Gasteiger partial charge in [0.1, 0.15) is 11.6 Å². The molecular formula is C20H23FN2O. The number of unbranched alkanes of at least 4 members (excludes halogenated alkanes) is 1. The Morgan fingerprint density at radius 1 is 1.17 bits per heavy atom. The zero-order chi connectivity index (χ0) is 17.1. The van der Waals surface area contributed by atoms with E-state index in [2.05, 4.69) is 4.98 Å². The molecule has 3 nitrogen and oxygen atoms in total. The highest BCUT2D eigenvalue weighted by Crippen LogP contribution is 2.36. The largest absolute Gasteiger partial charge is 0.497 e. The maximum absolute atomic E-state index is 14.4. The van der Waals surface area contributed by atoms with E-state index < -0.39 is 0 Å². The molecule has 3 aromatic rings. The fourth-order valence-electron chi connectivity index (χ4n) is 3.21. The molecule has 0 radical (unpaired) electrons. The minimum absolute atomic E-state index is 0.214. The van der Waals surface area contributed by atoms with Crippen LogP contribution in [0.1, 0.15) is 24.0 Å². The van der Waals surface area contributed by atoms with Gasteiger partial charge in [0.25, 0.3) is 0 Å². The van der Waals surface area contributed by atoms with Gasteiger partial charge in [0, 0.05) is 16.5 Å². The number of aryl methyl sites for hydroxylation is 2. The van der Waals surface area contributed by atoms with Gasteiger partial charge in [-0.05, 0) is 68.1 Å². The molecule has 0 spiro atoms. The second-order valence-electron chi connectivity index (χ2n) is 6.07. The standard InChI is InChI=1S/C20H23FN2O/c1-13-11-14(24-2)12-17-15(7-5-6-10-22)20(23-19(13)17)16-8-3-4-9-18(16)21/h3-4,8-9,11-12,23H,5-7,10,22H2,1-2H3. The number of fused-ring (bicyclic) bond motifs is 1. The smallest absolute Gasteiger partial charge is 0.132 e. The molecule has 2 aromatic carbocycles. The maximum Gasteiger partial charge on any atom is 0.132 e. The predicted molar refractivity (Wildman–Crippen MR) is 97.0 cm³/mol. The summed E-state index contributed by atoms with van der Waals surface area (Å²) >= 11 is 0. The lowest BCUT2D eigenvalue weighted by Gasteiger charge is -2.07. The number of nitrogens with one attached hydrogen (secondary N) is 1. The molecule has 126 valence electrons. The highest BCUT2D eigenvalue weighted by atomic mass is 19.1. The van der Waals surface area contributed by atoms with E-state index in [1.165, 1.54) is 6.07 Å². The number of ether oxygens (including phenoxy) is 1. The van der Waals surface area contributed by atoms with Gasteiger partial charge in [-0.15, -0.1) is 0 Å². The third kappa shape index (κ3) is 3.02. The number of aromatic nitrogens is 1. The van der Waals surface area contributed by atoms with Crippen LogP contribution in [0.25, 0.3) is 22.2 Å². The molecule has 0 fully saturated rings. The van der Waals surface area contributed by atoms with Crippen LogP contribution in [0.5, 0.6) is 5.75 Å². The molecule has 4 heteroatoms. The van der Waals surface area contributed by atoms with E-state index in [-0.39, 0.29) is 5.82 Å². The average Bonchev–Trinajstić information content (AvgIpc) is 2.94. The number of nitrogens with two attached hydrogens (primary N) is 1. The number of H-pyrrole nitrogens is 1. The van der Waals surface area contributed by atoms with Gasteiger partial charge in [0.15, 0.2) is 0 Å². The van der Waals surface area contributed by atoms with E-state index in [1.807, 2.05) is 31.2 Å². The van der Waals surface area contributed by atoms with Crippen LogP contribution in [-0.2, 0) is 6.42 Å². The van der Waals surface area contributed by atoms with E-state index in [9.17, 15) is 4.39 Å².